The molecule has 0 saturated heterocycles. The summed E-state index contributed by atoms with van der Waals surface area (Å²) < 4.78 is 0. The van der Waals surface area contributed by atoms with Crippen molar-refractivity contribution in [2.24, 2.45) is 16.7 Å². The van der Waals surface area contributed by atoms with Gasteiger partial charge in [-0.15, -0.1) is 0 Å². The van der Waals surface area contributed by atoms with Gasteiger partial charge in [-0.25, -0.2) is 0 Å². The Morgan fingerprint density at radius 1 is 1.06 bits per heavy atom. The summed E-state index contributed by atoms with van der Waals surface area (Å²) in [6.45, 7) is 12.8. The van der Waals surface area contributed by atoms with Crippen molar-refractivity contribution in [2.45, 2.75) is 54.4 Å². The Bertz CT molecular complexity index is 243. The van der Waals surface area contributed by atoms with Gasteiger partial charge in [-0.2, -0.15) is 0 Å². The molecular weight excluding hydrogens is 240 g/mol. The summed E-state index contributed by atoms with van der Waals surface area (Å²) in [5.74, 6) is 1.87. The number of hydrogen-bond acceptors (Lipinski definition) is 1. The van der Waals surface area contributed by atoms with Crippen molar-refractivity contribution in [1.82, 2.24) is 0 Å². The van der Waals surface area contributed by atoms with Crippen molar-refractivity contribution < 1.29 is 4.79 Å². The van der Waals surface area contributed by atoms with E-state index < -0.39 is 0 Å². The summed E-state index contributed by atoms with van der Waals surface area (Å²) in [5.41, 5.74) is 0.0433. The molecule has 0 spiro atoms. The highest BCUT2D eigenvalue weighted by Gasteiger charge is 2.32. The maximum Gasteiger partial charge on any atom is 0.141 e. The fraction of sp³-hybridized carbons (Fsp3) is 0.875. The van der Waals surface area contributed by atoms with Gasteiger partial charge in [-0.1, -0.05) is 41.5 Å². The van der Waals surface area contributed by atoms with Gasteiger partial charge in [0.25, 0.3) is 0 Å². The molecule has 18 heavy (non-hydrogen) atoms. The summed E-state index contributed by atoms with van der Waals surface area (Å²) in [4.78, 5) is 12.5. The van der Waals surface area contributed by atoms with Crippen LogP contribution in [0.2, 0.25) is 0 Å². The van der Waals surface area contributed by atoms with Crippen molar-refractivity contribution in [3.8, 4) is 0 Å². The van der Waals surface area contributed by atoms with Crippen LogP contribution < -0.4 is 0 Å². The molecule has 0 amide bonds. The number of hydrogen-bond donors (Lipinski definition) is 0. The van der Waals surface area contributed by atoms with Crippen molar-refractivity contribution in [3.05, 3.63) is 7.43 Å². The summed E-state index contributed by atoms with van der Waals surface area (Å²) in [6, 6.07) is 0. The van der Waals surface area contributed by atoms with E-state index >= 15 is 0 Å². The van der Waals surface area contributed by atoms with E-state index in [9.17, 15) is 4.79 Å². The molecule has 0 radical (unpaired) electrons. The lowest BCUT2D eigenvalue weighted by Gasteiger charge is -2.29. The maximum atomic E-state index is 12.5. The molecule has 0 aromatic heterocycles. The van der Waals surface area contributed by atoms with Gasteiger partial charge in [-0.3, -0.25) is 4.79 Å². The molecule has 0 rings (SSSR count). The average molecular weight is 275 g/mol. The number of ketones is 1. The SMILES string of the molecule is C[S+](C)CC[C@H](CC(C)(C)C)C(=O)C(C)(C)C.[CH3-]. The van der Waals surface area contributed by atoms with Gasteiger partial charge in [-0.05, 0) is 22.7 Å². The van der Waals surface area contributed by atoms with Crippen LogP contribution in [0.5, 0.6) is 0 Å². The van der Waals surface area contributed by atoms with Crippen LogP contribution >= 0.6 is 0 Å². The molecule has 0 aromatic carbocycles. The lowest BCUT2D eigenvalue weighted by molar-refractivity contribution is -0.131. The summed E-state index contributed by atoms with van der Waals surface area (Å²) >= 11 is 0. The molecule has 110 valence electrons. The third-order valence-corrected chi connectivity index (χ3v) is 3.90. The van der Waals surface area contributed by atoms with E-state index in [1.165, 1.54) is 5.75 Å². The molecule has 0 fully saturated rings. The standard InChI is InChI=1S/C15H31OS.CH3/c1-14(2,3)11-12(9-10-17(7)8)13(16)15(4,5)6;/h12H,9-11H2,1-8H3;1H3/q+1;-1/t12-;/m1./s1. The van der Waals surface area contributed by atoms with Crippen molar-refractivity contribution in [1.29, 1.82) is 0 Å². The smallest absolute Gasteiger partial charge is 0.141 e. The van der Waals surface area contributed by atoms with Crippen LogP contribution in [-0.2, 0) is 15.7 Å². The molecule has 0 aliphatic carbocycles. The van der Waals surface area contributed by atoms with Gasteiger partial charge in [0.05, 0.1) is 12.5 Å². The third-order valence-electron chi connectivity index (χ3n) is 2.84. The largest absolute Gasteiger partial charge is 0.358 e. The second kappa shape index (κ2) is 7.57. The predicted molar refractivity (Wildman–Crippen MR) is 87.1 cm³/mol. The van der Waals surface area contributed by atoms with E-state index in [4.69, 9.17) is 0 Å². The van der Waals surface area contributed by atoms with Crippen LogP contribution in [-0.4, -0.2) is 24.0 Å². The van der Waals surface area contributed by atoms with Crippen LogP contribution in [0.15, 0.2) is 0 Å². The normalized spacial score (nSPS) is 14.3. The van der Waals surface area contributed by atoms with E-state index in [1.54, 1.807) is 0 Å². The molecule has 0 bridgehead atoms. The van der Waals surface area contributed by atoms with Crippen LogP contribution in [0.4, 0.5) is 0 Å². The average Bonchev–Trinajstić information content (AvgIpc) is 2.07. The number of Topliss-reactive ketones (excluding diaryl/α,β-unsaturated/α-hetero) is 1. The van der Waals surface area contributed by atoms with Gasteiger partial charge in [0.1, 0.15) is 11.5 Å². The maximum absolute atomic E-state index is 12.5. The summed E-state index contributed by atoms with van der Waals surface area (Å²) in [6.07, 6.45) is 6.59. The molecule has 0 N–H and O–H groups in total. The lowest BCUT2D eigenvalue weighted by Crippen LogP contribution is -2.32. The first-order valence-electron chi connectivity index (χ1n) is 6.52. The zero-order valence-corrected chi connectivity index (χ0v) is 14.8. The minimum absolute atomic E-state index is 0. The molecule has 0 aliphatic rings. The minimum atomic E-state index is -0.198. The fourth-order valence-corrected chi connectivity index (χ4v) is 2.81. The molecule has 2 heteroatoms. The third kappa shape index (κ3) is 9.02. The lowest BCUT2D eigenvalue weighted by atomic mass is 9.75. The van der Waals surface area contributed by atoms with E-state index in [1.807, 2.05) is 20.8 Å². The molecule has 1 nitrogen and oxygen atoms in total. The molecule has 0 saturated carbocycles. The highest BCUT2D eigenvalue weighted by Crippen LogP contribution is 2.32. The molecule has 0 heterocycles. The Balaban J connectivity index is 0. The monoisotopic (exact) mass is 274 g/mol. The van der Waals surface area contributed by atoms with Crippen LogP contribution in [0, 0.1) is 24.2 Å². The predicted octanol–water partition coefficient (Wildman–Crippen LogP) is 4.37. The van der Waals surface area contributed by atoms with Gasteiger partial charge < -0.3 is 7.43 Å². The second-order valence-corrected chi connectivity index (χ2v) is 9.93. The Morgan fingerprint density at radius 2 is 1.50 bits per heavy atom. The topological polar surface area (TPSA) is 17.1 Å². The molecule has 0 aromatic rings. The molecular formula is C16H34OS. The van der Waals surface area contributed by atoms with E-state index in [-0.39, 0.29) is 24.2 Å². The zero-order chi connectivity index (χ0) is 13.9. The first kappa shape index (κ1) is 20.3. The van der Waals surface area contributed by atoms with Crippen LogP contribution in [0.3, 0.4) is 0 Å². The van der Waals surface area contributed by atoms with E-state index in [2.05, 4.69) is 33.3 Å². The van der Waals surface area contributed by atoms with Gasteiger partial charge in [0, 0.05) is 17.8 Å². The van der Waals surface area contributed by atoms with Crippen LogP contribution in [0.1, 0.15) is 54.4 Å². The Morgan fingerprint density at radius 3 is 1.78 bits per heavy atom. The first-order valence-corrected chi connectivity index (χ1v) is 8.73. The highest BCUT2D eigenvalue weighted by atomic mass is 32.2. The second-order valence-electron chi connectivity index (χ2n) is 7.55. The molecule has 0 unspecified atom stereocenters. The molecule has 1 atom stereocenters. The number of carbonyl (C=O) groups excluding carboxylic acids is 1. The molecule has 0 aliphatic heterocycles. The Kier molecular flexibility index (Phi) is 8.55. The summed E-state index contributed by atoms with van der Waals surface area (Å²) in [5, 5.41) is 0. The quantitative estimate of drug-likeness (QED) is 0.537. The minimum Gasteiger partial charge on any atom is -0.358 e. The zero-order valence-electron chi connectivity index (χ0n) is 14.0. The van der Waals surface area contributed by atoms with E-state index in [0.717, 1.165) is 12.8 Å². The number of rotatable bonds is 5. The Labute approximate surface area is 118 Å². The first-order chi connectivity index (χ1) is 7.43. The van der Waals surface area contributed by atoms with Gasteiger partial charge >= 0.3 is 0 Å². The van der Waals surface area contributed by atoms with Crippen LogP contribution in [0.25, 0.3) is 0 Å². The highest BCUT2D eigenvalue weighted by molar-refractivity contribution is 7.95. The van der Waals surface area contributed by atoms with Gasteiger partial charge in [0.2, 0.25) is 0 Å². The van der Waals surface area contributed by atoms with Crippen molar-refractivity contribution in [2.75, 3.05) is 18.3 Å². The summed E-state index contributed by atoms with van der Waals surface area (Å²) in [7, 11) is 0.440. The van der Waals surface area contributed by atoms with Gasteiger partial charge in [0.15, 0.2) is 0 Å². The van der Waals surface area contributed by atoms with Crippen molar-refractivity contribution >= 4 is 16.7 Å². The van der Waals surface area contributed by atoms with E-state index in [0.29, 0.717) is 16.7 Å². The van der Waals surface area contributed by atoms with Crippen molar-refractivity contribution in [3.63, 3.8) is 0 Å². The number of carbonyl (C=O) groups is 1. The fourth-order valence-electron chi connectivity index (χ4n) is 2.06. The Hall–Kier alpha value is 0.0200.